The lowest BCUT2D eigenvalue weighted by molar-refractivity contribution is 0.668. The number of H-pyrrole nitrogens is 2. The number of hydrogen-bond acceptors (Lipinski definition) is 3. The highest BCUT2D eigenvalue weighted by atomic mass is 16.2. The fraction of sp³-hybridized carbons (Fsp3) is 0.222. The molecule has 0 amide bonds. The monoisotopic (exact) mass is 204 g/mol. The first-order valence-electron chi connectivity index (χ1n) is 4.62. The topological polar surface area (TPSA) is 83.5 Å². The van der Waals surface area contributed by atoms with E-state index in [2.05, 4.69) is 15.0 Å². The third kappa shape index (κ3) is 1.08. The molecule has 2 aromatic heterocycles. The first-order valence-corrected chi connectivity index (χ1v) is 4.62. The Morgan fingerprint density at radius 3 is 3.07 bits per heavy atom. The summed E-state index contributed by atoms with van der Waals surface area (Å²) in [4.78, 5) is 31.6. The molecule has 3 heterocycles. The molecule has 2 aromatic rings. The van der Waals surface area contributed by atoms with Crippen molar-refractivity contribution in [1.82, 2.24) is 19.5 Å². The van der Waals surface area contributed by atoms with Crippen LogP contribution in [-0.4, -0.2) is 19.5 Å². The van der Waals surface area contributed by atoms with Crippen molar-refractivity contribution in [2.24, 2.45) is 0 Å². The van der Waals surface area contributed by atoms with Crippen molar-refractivity contribution in [2.45, 2.75) is 13.0 Å². The fourth-order valence-electron chi connectivity index (χ4n) is 1.89. The Hall–Kier alpha value is -2.11. The van der Waals surface area contributed by atoms with Gasteiger partial charge in [-0.3, -0.25) is 9.78 Å². The molecule has 1 aliphatic heterocycles. The standard InChI is InChI=1S/C9H8N4O2/c14-8-5-1-3-13-4-2-10-7(13)6(5)11-9(15)12-8/h2,4H,1,3H2,(H2,11,12,14,15). The van der Waals surface area contributed by atoms with Crippen LogP contribution in [0, 0.1) is 0 Å². The van der Waals surface area contributed by atoms with E-state index in [1.807, 2.05) is 10.8 Å². The van der Waals surface area contributed by atoms with Gasteiger partial charge in [0.2, 0.25) is 0 Å². The van der Waals surface area contributed by atoms with Gasteiger partial charge in [0, 0.05) is 24.5 Å². The minimum atomic E-state index is -0.491. The number of rotatable bonds is 0. The highest BCUT2D eigenvalue weighted by Gasteiger charge is 2.20. The predicted molar refractivity (Wildman–Crippen MR) is 52.6 cm³/mol. The Balaban J connectivity index is 2.42. The van der Waals surface area contributed by atoms with Gasteiger partial charge in [0.1, 0.15) is 0 Å². The molecule has 6 nitrogen and oxygen atoms in total. The van der Waals surface area contributed by atoms with Gasteiger partial charge in [0.05, 0.1) is 5.69 Å². The summed E-state index contributed by atoms with van der Waals surface area (Å²) in [6, 6.07) is 0. The van der Waals surface area contributed by atoms with Gasteiger partial charge in [-0.05, 0) is 6.42 Å². The van der Waals surface area contributed by atoms with E-state index in [4.69, 9.17) is 0 Å². The van der Waals surface area contributed by atoms with E-state index in [0.717, 1.165) is 6.54 Å². The quantitative estimate of drug-likeness (QED) is 0.605. The van der Waals surface area contributed by atoms with Gasteiger partial charge in [-0.15, -0.1) is 0 Å². The Bertz CT molecular complexity index is 634. The molecule has 0 unspecified atom stereocenters. The molecule has 15 heavy (non-hydrogen) atoms. The maximum absolute atomic E-state index is 11.5. The minimum Gasteiger partial charge on any atom is -0.329 e. The molecular formula is C9H8N4O2. The number of imidazole rings is 1. The molecule has 0 bridgehead atoms. The molecule has 0 radical (unpaired) electrons. The van der Waals surface area contributed by atoms with Crippen LogP contribution in [0.4, 0.5) is 0 Å². The first-order chi connectivity index (χ1) is 7.25. The van der Waals surface area contributed by atoms with Gasteiger partial charge in [0.15, 0.2) is 5.82 Å². The third-order valence-electron chi connectivity index (χ3n) is 2.58. The van der Waals surface area contributed by atoms with Crippen molar-refractivity contribution in [3.05, 3.63) is 38.8 Å². The lowest BCUT2D eigenvalue weighted by atomic mass is 10.1. The van der Waals surface area contributed by atoms with E-state index in [-0.39, 0.29) is 5.56 Å². The van der Waals surface area contributed by atoms with E-state index in [0.29, 0.717) is 23.5 Å². The van der Waals surface area contributed by atoms with Crippen LogP contribution in [0.25, 0.3) is 11.5 Å². The molecule has 0 aromatic carbocycles. The largest absolute Gasteiger partial charge is 0.329 e. The van der Waals surface area contributed by atoms with Crippen LogP contribution in [-0.2, 0) is 13.0 Å². The summed E-state index contributed by atoms with van der Waals surface area (Å²) in [7, 11) is 0. The van der Waals surface area contributed by atoms with Crippen LogP contribution < -0.4 is 11.2 Å². The summed E-state index contributed by atoms with van der Waals surface area (Å²) in [5.41, 5.74) is 0.339. The lowest BCUT2D eigenvalue weighted by Gasteiger charge is -2.15. The van der Waals surface area contributed by atoms with Crippen molar-refractivity contribution in [3.8, 4) is 11.5 Å². The molecule has 0 aliphatic carbocycles. The maximum Gasteiger partial charge on any atom is 0.326 e. The first kappa shape index (κ1) is 8.22. The zero-order valence-electron chi connectivity index (χ0n) is 7.78. The fourth-order valence-corrected chi connectivity index (χ4v) is 1.89. The second kappa shape index (κ2) is 2.69. The Morgan fingerprint density at radius 2 is 2.20 bits per heavy atom. The van der Waals surface area contributed by atoms with Gasteiger partial charge in [0.25, 0.3) is 5.56 Å². The number of aromatic nitrogens is 4. The third-order valence-corrected chi connectivity index (χ3v) is 2.58. The van der Waals surface area contributed by atoms with Gasteiger partial charge in [-0.2, -0.15) is 0 Å². The SMILES string of the molecule is O=c1[nH]c2c(c(=O)[nH]1)CCn1ccnc1-2. The van der Waals surface area contributed by atoms with Crippen molar-refractivity contribution in [2.75, 3.05) is 0 Å². The van der Waals surface area contributed by atoms with Crippen LogP contribution >= 0.6 is 0 Å². The molecule has 0 saturated heterocycles. The van der Waals surface area contributed by atoms with E-state index < -0.39 is 5.69 Å². The van der Waals surface area contributed by atoms with Crippen LogP contribution in [0.2, 0.25) is 0 Å². The Morgan fingerprint density at radius 1 is 1.33 bits per heavy atom. The predicted octanol–water partition coefficient (Wildman–Crippen LogP) is -0.517. The maximum atomic E-state index is 11.5. The van der Waals surface area contributed by atoms with E-state index in [1.165, 1.54) is 0 Å². The van der Waals surface area contributed by atoms with E-state index >= 15 is 0 Å². The highest BCUT2D eigenvalue weighted by Crippen LogP contribution is 2.21. The highest BCUT2D eigenvalue weighted by molar-refractivity contribution is 5.56. The second-order valence-electron chi connectivity index (χ2n) is 3.46. The molecule has 6 heteroatoms. The van der Waals surface area contributed by atoms with Crippen LogP contribution in [0.1, 0.15) is 5.56 Å². The number of nitrogens with zero attached hydrogens (tertiary/aromatic N) is 2. The molecule has 0 spiro atoms. The van der Waals surface area contributed by atoms with Crippen molar-refractivity contribution < 1.29 is 0 Å². The number of hydrogen-bond donors (Lipinski definition) is 2. The summed E-state index contributed by atoms with van der Waals surface area (Å²) in [6.07, 6.45) is 4.10. The van der Waals surface area contributed by atoms with Crippen molar-refractivity contribution in [3.63, 3.8) is 0 Å². The zero-order chi connectivity index (χ0) is 10.4. The van der Waals surface area contributed by atoms with E-state index in [9.17, 15) is 9.59 Å². The molecule has 2 N–H and O–H groups in total. The van der Waals surface area contributed by atoms with Crippen molar-refractivity contribution in [1.29, 1.82) is 0 Å². The smallest absolute Gasteiger partial charge is 0.326 e. The molecule has 76 valence electrons. The molecular weight excluding hydrogens is 196 g/mol. The average Bonchev–Trinajstić information content (AvgIpc) is 2.65. The molecule has 0 fully saturated rings. The van der Waals surface area contributed by atoms with Gasteiger partial charge in [-0.1, -0.05) is 0 Å². The van der Waals surface area contributed by atoms with Gasteiger partial charge >= 0.3 is 5.69 Å². The number of nitrogens with one attached hydrogen (secondary N) is 2. The normalized spacial score (nSPS) is 13.3. The lowest BCUT2D eigenvalue weighted by Crippen LogP contribution is -2.30. The summed E-state index contributed by atoms with van der Waals surface area (Å²) in [5, 5.41) is 0. The average molecular weight is 204 g/mol. The van der Waals surface area contributed by atoms with Crippen molar-refractivity contribution >= 4 is 0 Å². The summed E-state index contributed by atoms with van der Waals surface area (Å²) in [6.45, 7) is 0.720. The number of fused-ring (bicyclic) bond motifs is 3. The van der Waals surface area contributed by atoms with Crippen LogP contribution in [0.15, 0.2) is 22.0 Å². The number of aryl methyl sites for hydroxylation is 1. The van der Waals surface area contributed by atoms with E-state index in [1.54, 1.807) is 6.20 Å². The Labute approximate surface area is 83.6 Å². The minimum absolute atomic E-state index is 0.317. The molecule has 3 rings (SSSR count). The van der Waals surface area contributed by atoms with Crippen LogP contribution in [0.5, 0.6) is 0 Å². The van der Waals surface area contributed by atoms with Gasteiger partial charge < -0.3 is 9.55 Å². The number of aromatic amines is 2. The van der Waals surface area contributed by atoms with Gasteiger partial charge in [-0.25, -0.2) is 9.78 Å². The molecule has 0 atom stereocenters. The Kier molecular flexibility index (Phi) is 1.47. The molecule has 1 aliphatic rings. The zero-order valence-corrected chi connectivity index (χ0v) is 7.78. The summed E-state index contributed by atoms with van der Waals surface area (Å²) in [5.74, 6) is 0.652. The summed E-state index contributed by atoms with van der Waals surface area (Å²) >= 11 is 0. The molecule has 0 saturated carbocycles. The van der Waals surface area contributed by atoms with Crippen LogP contribution in [0.3, 0.4) is 0 Å². The second-order valence-corrected chi connectivity index (χ2v) is 3.46. The summed E-state index contributed by atoms with van der Waals surface area (Å²) < 4.78 is 1.91.